The fourth-order valence-electron chi connectivity index (χ4n) is 1.29. The van der Waals surface area contributed by atoms with Crippen LogP contribution in [0.25, 0.3) is 0 Å². The summed E-state index contributed by atoms with van der Waals surface area (Å²) in [6.45, 7) is 0. The summed E-state index contributed by atoms with van der Waals surface area (Å²) < 4.78 is 26.1. The minimum absolute atomic E-state index is 0.498. The van der Waals surface area contributed by atoms with E-state index >= 15 is 0 Å². The number of hydrogen-bond acceptors (Lipinski definition) is 3. The molecule has 20 heavy (non-hydrogen) atoms. The molecule has 1 aromatic carbocycles. The summed E-state index contributed by atoms with van der Waals surface area (Å²) in [5, 5.41) is 20.9. The van der Waals surface area contributed by atoms with Crippen molar-refractivity contribution in [2.45, 2.75) is 12.5 Å². The molecule has 4 N–H and O–H groups in total. The summed E-state index contributed by atoms with van der Waals surface area (Å²) in [5.41, 5.74) is -0.498. The molecule has 108 valence electrons. The summed E-state index contributed by atoms with van der Waals surface area (Å²) >= 11 is 0. The highest BCUT2D eigenvalue weighted by Crippen LogP contribution is 2.16. The van der Waals surface area contributed by atoms with Crippen LogP contribution in [0.1, 0.15) is 6.42 Å². The van der Waals surface area contributed by atoms with Crippen LogP contribution in [0.4, 0.5) is 19.3 Å². The molecule has 7 nitrogen and oxygen atoms in total. The molecule has 0 aliphatic heterocycles. The summed E-state index contributed by atoms with van der Waals surface area (Å²) in [5.74, 6) is -5.51. The molecule has 2 amide bonds. The highest BCUT2D eigenvalue weighted by Gasteiger charge is 2.23. The van der Waals surface area contributed by atoms with E-state index in [0.717, 1.165) is 18.2 Å². The first-order valence-corrected chi connectivity index (χ1v) is 5.27. The van der Waals surface area contributed by atoms with Crippen LogP contribution < -0.4 is 10.6 Å². The number of amides is 2. The number of anilines is 1. The monoisotopic (exact) mass is 288 g/mol. The Morgan fingerprint density at radius 2 is 1.85 bits per heavy atom. The van der Waals surface area contributed by atoms with Gasteiger partial charge in [0.25, 0.3) is 0 Å². The summed E-state index contributed by atoms with van der Waals surface area (Å²) in [4.78, 5) is 32.5. The lowest BCUT2D eigenvalue weighted by molar-refractivity contribution is -0.145. The summed E-state index contributed by atoms with van der Waals surface area (Å²) in [7, 11) is 0. The molecule has 0 saturated heterocycles. The highest BCUT2D eigenvalue weighted by molar-refractivity contribution is 5.93. The molecule has 0 bridgehead atoms. The van der Waals surface area contributed by atoms with Crippen LogP contribution >= 0.6 is 0 Å². The van der Waals surface area contributed by atoms with Gasteiger partial charge in [-0.2, -0.15) is 0 Å². The number of carboxylic acid groups (broad SMARTS) is 2. The predicted molar refractivity (Wildman–Crippen MR) is 62.2 cm³/mol. The Labute approximate surface area is 111 Å². The fraction of sp³-hybridized carbons (Fsp3) is 0.182. The Bertz CT molecular complexity index is 550. The molecule has 0 spiro atoms. The second kappa shape index (κ2) is 6.45. The molecule has 0 aliphatic carbocycles. The normalized spacial score (nSPS) is 11.5. The number of carbonyl (C=O) groups is 3. The summed E-state index contributed by atoms with van der Waals surface area (Å²) in [6.07, 6.45) is -0.853. The molecule has 9 heteroatoms. The van der Waals surface area contributed by atoms with Gasteiger partial charge in [-0.15, -0.1) is 0 Å². The van der Waals surface area contributed by atoms with Gasteiger partial charge in [-0.05, 0) is 12.1 Å². The molecule has 0 aromatic heterocycles. The van der Waals surface area contributed by atoms with E-state index in [1.165, 1.54) is 0 Å². The Hall–Kier alpha value is -2.71. The number of benzene rings is 1. The first-order valence-electron chi connectivity index (χ1n) is 5.27. The van der Waals surface area contributed by atoms with Gasteiger partial charge in [0.05, 0.1) is 12.1 Å². The van der Waals surface area contributed by atoms with Crippen molar-refractivity contribution in [1.29, 1.82) is 0 Å². The van der Waals surface area contributed by atoms with Crippen LogP contribution in [0.5, 0.6) is 0 Å². The molecule has 1 unspecified atom stereocenters. The van der Waals surface area contributed by atoms with Crippen LogP contribution in [-0.2, 0) is 9.59 Å². The van der Waals surface area contributed by atoms with Crippen molar-refractivity contribution in [2.75, 3.05) is 5.32 Å². The number of urea groups is 1. The van der Waals surface area contributed by atoms with E-state index in [1.54, 1.807) is 0 Å². The number of carbonyl (C=O) groups excluding carboxylic acids is 1. The molecule has 1 rings (SSSR count). The highest BCUT2D eigenvalue weighted by atomic mass is 19.2. The average Bonchev–Trinajstić information content (AvgIpc) is 2.33. The van der Waals surface area contributed by atoms with Crippen molar-refractivity contribution in [3.63, 3.8) is 0 Å². The number of nitrogens with one attached hydrogen (secondary N) is 2. The van der Waals surface area contributed by atoms with E-state index in [-0.39, 0.29) is 0 Å². The van der Waals surface area contributed by atoms with E-state index < -0.39 is 47.8 Å². The standard InChI is InChI=1S/C11H10F2N2O5/c12-5-2-1-3-6(9(5)13)14-11(20)15-7(10(18)19)4-8(16)17/h1-3,7H,4H2,(H,16,17)(H,18,19)(H2,14,15,20). The molecule has 1 aromatic rings. The largest absolute Gasteiger partial charge is 0.481 e. The molecule has 0 aliphatic rings. The third kappa shape index (κ3) is 4.19. The summed E-state index contributed by atoms with van der Waals surface area (Å²) in [6, 6.07) is 0.181. The zero-order chi connectivity index (χ0) is 15.3. The number of aliphatic carboxylic acids is 2. The lowest BCUT2D eigenvalue weighted by atomic mass is 10.2. The average molecular weight is 288 g/mol. The SMILES string of the molecule is O=C(O)CC(NC(=O)Nc1cccc(F)c1F)C(=O)O. The molecule has 0 fully saturated rings. The van der Waals surface area contributed by atoms with E-state index in [0.29, 0.717) is 0 Å². The second-order valence-electron chi connectivity index (χ2n) is 3.69. The lowest BCUT2D eigenvalue weighted by Crippen LogP contribution is -2.44. The van der Waals surface area contributed by atoms with Crippen LogP contribution in [0, 0.1) is 11.6 Å². The molecule has 1 atom stereocenters. The first-order chi connectivity index (χ1) is 9.31. The van der Waals surface area contributed by atoms with Crippen LogP contribution in [0.15, 0.2) is 18.2 Å². The first kappa shape index (κ1) is 15.3. The van der Waals surface area contributed by atoms with Crippen molar-refractivity contribution in [1.82, 2.24) is 5.32 Å². The quantitative estimate of drug-likeness (QED) is 0.645. The number of hydrogen-bond donors (Lipinski definition) is 4. The zero-order valence-corrected chi connectivity index (χ0v) is 9.89. The van der Waals surface area contributed by atoms with Gasteiger partial charge in [0.15, 0.2) is 11.6 Å². The smallest absolute Gasteiger partial charge is 0.326 e. The topological polar surface area (TPSA) is 116 Å². The Balaban J connectivity index is 2.73. The van der Waals surface area contributed by atoms with E-state index in [4.69, 9.17) is 10.2 Å². The van der Waals surface area contributed by atoms with Gasteiger partial charge in [-0.3, -0.25) is 4.79 Å². The van der Waals surface area contributed by atoms with Crippen molar-refractivity contribution in [3.05, 3.63) is 29.8 Å². The maximum atomic E-state index is 13.2. The molecular formula is C11H10F2N2O5. The van der Waals surface area contributed by atoms with Crippen LogP contribution in [0.3, 0.4) is 0 Å². The maximum absolute atomic E-state index is 13.2. The fourth-order valence-corrected chi connectivity index (χ4v) is 1.29. The lowest BCUT2D eigenvalue weighted by Gasteiger charge is -2.13. The van der Waals surface area contributed by atoms with E-state index in [9.17, 15) is 23.2 Å². The van der Waals surface area contributed by atoms with E-state index in [2.05, 4.69) is 0 Å². The molecule has 0 radical (unpaired) electrons. The van der Waals surface area contributed by atoms with Gasteiger partial charge in [0.1, 0.15) is 6.04 Å². The van der Waals surface area contributed by atoms with Crippen molar-refractivity contribution < 1.29 is 33.4 Å². The minimum atomic E-state index is -1.69. The van der Waals surface area contributed by atoms with Crippen molar-refractivity contribution in [2.24, 2.45) is 0 Å². The minimum Gasteiger partial charge on any atom is -0.481 e. The van der Waals surface area contributed by atoms with Gasteiger partial charge in [0, 0.05) is 0 Å². The van der Waals surface area contributed by atoms with Gasteiger partial charge < -0.3 is 20.8 Å². The van der Waals surface area contributed by atoms with E-state index in [1.807, 2.05) is 10.6 Å². The van der Waals surface area contributed by atoms with Crippen molar-refractivity contribution in [3.8, 4) is 0 Å². The Kier molecular flexibility index (Phi) is 4.95. The Morgan fingerprint density at radius 3 is 2.40 bits per heavy atom. The number of rotatable bonds is 5. The van der Waals surface area contributed by atoms with Crippen LogP contribution in [-0.4, -0.2) is 34.2 Å². The second-order valence-corrected chi connectivity index (χ2v) is 3.69. The zero-order valence-electron chi connectivity index (χ0n) is 9.89. The third-order valence-electron chi connectivity index (χ3n) is 2.18. The van der Waals surface area contributed by atoms with Gasteiger partial charge in [0.2, 0.25) is 0 Å². The number of carboxylic acids is 2. The van der Waals surface area contributed by atoms with Crippen molar-refractivity contribution >= 4 is 23.7 Å². The van der Waals surface area contributed by atoms with Gasteiger partial charge in [-0.1, -0.05) is 6.07 Å². The predicted octanol–water partition coefficient (Wildman–Crippen LogP) is 1.01. The number of halogens is 2. The Morgan fingerprint density at radius 1 is 1.20 bits per heavy atom. The van der Waals surface area contributed by atoms with Gasteiger partial charge >= 0.3 is 18.0 Å². The molecule has 0 heterocycles. The maximum Gasteiger partial charge on any atom is 0.326 e. The molecular weight excluding hydrogens is 278 g/mol. The van der Waals surface area contributed by atoms with Crippen LogP contribution in [0.2, 0.25) is 0 Å². The third-order valence-corrected chi connectivity index (χ3v) is 2.18. The molecule has 0 saturated carbocycles. The van der Waals surface area contributed by atoms with Gasteiger partial charge in [-0.25, -0.2) is 18.4 Å².